The summed E-state index contributed by atoms with van der Waals surface area (Å²) in [6, 6.07) is 16.8. The normalized spacial score (nSPS) is 11.4. The Morgan fingerprint density at radius 2 is 1.45 bits per heavy atom. The van der Waals surface area contributed by atoms with Crippen LogP contribution in [0.2, 0.25) is 5.15 Å². The molecule has 0 radical (unpaired) electrons. The lowest BCUT2D eigenvalue weighted by molar-refractivity contribution is 0.112. The Bertz CT molecular complexity index is 1300. The van der Waals surface area contributed by atoms with Crippen LogP contribution in [-0.4, -0.2) is 36.8 Å². The van der Waals surface area contributed by atoms with Crippen molar-refractivity contribution >= 4 is 11.6 Å². The van der Waals surface area contributed by atoms with Crippen LogP contribution in [0.5, 0.6) is 0 Å². The number of imidazole rings is 1. The molecule has 0 bridgehead atoms. The van der Waals surface area contributed by atoms with Gasteiger partial charge in [-0.3, -0.25) is 0 Å². The van der Waals surface area contributed by atoms with E-state index >= 15 is 0 Å². The van der Waals surface area contributed by atoms with Crippen molar-refractivity contribution in [2.45, 2.75) is 110 Å². The molecule has 226 valence electrons. The fraction of sp³-hybridized carbons (Fsp3) is 0.529. The molecule has 0 aliphatic carbocycles. The summed E-state index contributed by atoms with van der Waals surface area (Å²) in [5.41, 5.74) is 5.29. The fourth-order valence-electron chi connectivity index (χ4n) is 5.39. The van der Waals surface area contributed by atoms with Gasteiger partial charge in [0.05, 0.1) is 12.3 Å². The number of nitrogens with zero attached hydrogens (tertiary/aromatic N) is 5. The van der Waals surface area contributed by atoms with Gasteiger partial charge in [0.15, 0.2) is 5.15 Å². The van der Waals surface area contributed by atoms with Crippen LogP contribution in [0.25, 0.3) is 22.5 Å². The van der Waals surface area contributed by atoms with Gasteiger partial charge in [-0.15, -0.1) is 10.2 Å². The van der Waals surface area contributed by atoms with Crippen molar-refractivity contribution in [3.05, 3.63) is 70.8 Å². The van der Waals surface area contributed by atoms with Crippen molar-refractivity contribution < 1.29 is 4.74 Å². The Balaban J connectivity index is 1.33. The highest BCUT2D eigenvalue weighted by Gasteiger charge is 2.17. The zero-order valence-corrected chi connectivity index (χ0v) is 26.2. The second-order valence-corrected chi connectivity index (χ2v) is 11.5. The average molecular weight is 591 g/mol. The predicted molar refractivity (Wildman–Crippen MR) is 172 cm³/mol. The van der Waals surface area contributed by atoms with E-state index in [2.05, 4.69) is 69.4 Å². The third-order valence-electron chi connectivity index (χ3n) is 7.86. The number of nitrogens with one attached hydrogen (secondary N) is 1. The number of unbranched alkanes of at least 4 members (excludes halogenated alkanes) is 10. The molecule has 0 unspecified atom stereocenters. The number of aromatic amines is 1. The van der Waals surface area contributed by atoms with Crippen molar-refractivity contribution in [1.82, 2.24) is 30.2 Å². The Kier molecular flexibility index (Phi) is 13.5. The monoisotopic (exact) mass is 590 g/mol. The second-order valence-electron chi connectivity index (χ2n) is 11.2. The van der Waals surface area contributed by atoms with Gasteiger partial charge in [-0.2, -0.15) is 5.21 Å². The van der Waals surface area contributed by atoms with Crippen molar-refractivity contribution in [3.8, 4) is 22.5 Å². The van der Waals surface area contributed by atoms with E-state index in [0.29, 0.717) is 24.1 Å². The Morgan fingerprint density at radius 1 is 0.786 bits per heavy atom. The number of tetrazole rings is 1. The van der Waals surface area contributed by atoms with E-state index in [1.54, 1.807) is 0 Å². The molecule has 0 amide bonds. The van der Waals surface area contributed by atoms with Crippen LogP contribution >= 0.6 is 11.6 Å². The van der Waals surface area contributed by atoms with Crippen LogP contribution in [-0.2, 0) is 24.3 Å². The van der Waals surface area contributed by atoms with Gasteiger partial charge in [-0.1, -0.05) is 138 Å². The summed E-state index contributed by atoms with van der Waals surface area (Å²) in [6.45, 7) is 6.44. The number of benzene rings is 2. The molecule has 8 heteroatoms. The lowest BCUT2D eigenvalue weighted by Crippen LogP contribution is -2.10. The van der Waals surface area contributed by atoms with E-state index < -0.39 is 0 Å². The molecular formula is C34H47ClN6O. The molecule has 42 heavy (non-hydrogen) atoms. The highest BCUT2D eigenvalue weighted by atomic mass is 35.5. The van der Waals surface area contributed by atoms with Gasteiger partial charge in [0.2, 0.25) is 5.82 Å². The quantitative estimate of drug-likeness (QED) is 0.104. The van der Waals surface area contributed by atoms with E-state index in [-0.39, 0.29) is 0 Å². The van der Waals surface area contributed by atoms with Crippen LogP contribution in [0.3, 0.4) is 0 Å². The summed E-state index contributed by atoms with van der Waals surface area (Å²) in [7, 11) is 0. The number of rotatable bonds is 20. The molecule has 7 nitrogen and oxygen atoms in total. The molecule has 0 atom stereocenters. The molecule has 0 saturated carbocycles. The van der Waals surface area contributed by atoms with Crippen molar-refractivity contribution in [2.24, 2.45) is 0 Å². The molecular weight excluding hydrogens is 544 g/mol. The topological polar surface area (TPSA) is 81.5 Å². The third-order valence-corrected chi connectivity index (χ3v) is 8.16. The van der Waals surface area contributed by atoms with Crippen LogP contribution in [0.4, 0.5) is 0 Å². The number of ether oxygens (including phenoxy) is 1. The van der Waals surface area contributed by atoms with Crippen molar-refractivity contribution in [1.29, 1.82) is 0 Å². The van der Waals surface area contributed by atoms with E-state index in [9.17, 15) is 0 Å². The number of aromatic nitrogens is 6. The van der Waals surface area contributed by atoms with Gasteiger partial charge in [0, 0.05) is 25.1 Å². The highest BCUT2D eigenvalue weighted by molar-refractivity contribution is 6.30. The largest absolute Gasteiger partial charge is 0.375 e. The summed E-state index contributed by atoms with van der Waals surface area (Å²) < 4.78 is 8.39. The SMILES string of the molecule is CCCCCCCCCCCCOCc1c(Cl)nc(CCCC)n1Cc1ccc(-c2ccccc2-c2nn[nH]n2)cc1. The van der Waals surface area contributed by atoms with Gasteiger partial charge < -0.3 is 9.30 Å². The van der Waals surface area contributed by atoms with Gasteiger partial charge in [-0.05, 0) is 34.7 Å². The van der Waals surface area contributed by atoms with Gasteiger partial charge >= 0.3 is 0 Å². The molecule has 4 aromatic rings. The zero-order valence-electron chi connectivity index (χ0n) is 25.5. The van der Waals surface area contributed by atoms with Gasteiger partial charge in [0.1, 0.15) is 5.82 Å². The van der Waals surface area contributed by atoms with Crippen LogP contribution < -0.4 is 0 Å². The molecule has 0 fully saturated rings. The van der Waals surface area contributed by atoms with Crippen LogP contribution in [0, 0.1) is 0 Å². The van der Waals surface area contributed by atoms with Crippen LogP contribution in [0.15, 0.2) is 48.5 Å². The minimum Gasteiger partial charge on any atom is -0.375 e. The molecule has 0 spiro atoms. The molecule has 0 aliphatic heterocycles. The number of H-pyrrole nitrogens is 1. The first-order valence-electron chi connectivity index (χ1n) is 15.9. The molecule has 1 N–H and O–H groups in total. The fourth-order valence-corrected chi connectivity index (χ4v) is 5.65. The van der Waals surface area contributed by atoms with E-state index in [1.165, 1.54) is 63.4 Å². The number of aryl methyl sites for hydroxylation is 1. The van der Waals surface area contributed by atoms with Crippen LogP contribution in [0.1, 0.15) is 108 Å². The first-order chi connectivity index (χ1) is 20.7. The first-order valence-corrected chi connectivity index (χ1v) is 16.3. The number of hydrogen-bond acceptors (Lipinski definition) is 5. The first kappa shape index (κ1) is 31.9. The summed E-state index contributed by atoms with van der Waals surface area (Å²) in [5, 5.41) is 15.2. The van der Waals surface area contributed by atoms with E-state index in [1.807, 2.05) is 18.2 Å². The van der Waals surface area contributed by atoms with Gasteiger partial charge in [0.25, 0.3) is 0 Å². The van der Waals surface area contributed by atoms with Crippen molar-refractivity contribution in [2.75, 3.05) is 6.61 Å². The Labute approximate surface area is 256 Å². The lowest BCUT2D eigenvalue weighted by Gasteiger charge is -2.14. The lowest BCUT2D eigenvalue weighted by atomic mass is 9.98. The maximum Gasteiger partial charge on any atom is 0.205 e. The van der Waals surface area contributed by atoms with Crippen molar-refractivity contribution in [3.63, 3.8) is 0 Å². The summed E-state index contributed by atoms with van der Waals surface area (Å²) >= 11 is 6.68. The molecule has 2 aromatic heterocycles. The number of halogens is 1. The van der Waals surface area contributed by atoms with E-state index in [4.69, 9.17) is 21.3 Å². The second kappa shape index (κ2) is 17.8. The molecule has 0 saturated heterocycles. The molecule has 2 heterocycles. The minimum absolute atomic E-state index is 0.492. The zero-order chi connectivity index (χ0) is 29.4. The standard InChI is InChI=1S/C34H47ClN6O/c1-3-5-7-8-9-10-11-12-13-16-24-42-26-31-33(35)36-32(19-6-4-2)41(31)25-27-20-22-28(23-21-27)29-17-14-15-18-30(29)34-37-39-40-38-34/h14-15,17-18,20-23H,3-13,16,19,24-26H2,1-2H3,(H,37,38,39,40). The average Bonchev–Trinajstić information content (AvgIpc) is 3.65. The highest BCUT2D eigenvalue weighted by Crippen LogP contribution is 2.30. The molecule has 2 aromatic carbocycles. The Morgan fingerprint density at radius 3 is 2.12 bits per heavy atom. The van der Waals surface area contributed by atoms with Gasteiger partial charge in [-0.25, -0.2) is 4.98 Å². The Hall–Kier alpha value is -3.03. The summed E-state index contributed by atoms with van der Waals surface area (Å²) in [6.07, 6.45) is 16.3. The predicted octanol–water partition coefficient (Wildman–Crippen LogP) is 9.21. The summed E-state index contributed by atoms with van der Waals surface area (Å²) in [4.78, 5) is 4.75. The third kappa shape index (κ3) is 9.50. The molecule has 0 aliphatic rings. The maximum atomic E-state index is 6.68. The molecule has 4 rings (SSSR count). The minimum atomic E-state index is 0.492. The maximum absolute atomic E-state index is 6.68. The smallest absolute Gasteiger partial charge is 0.205 e. The summed E-state index contributed by atoms with van der Waals surface area (Å²) in [5.74, 6) is 1.62. The van der Waals surface area contributed by atoms with E-state index in [0.717, 1.165) is 60.5 Å². The number of hydrogen-bond donors (Lipinski definition) is 1.